The largest absolute Gasteiger partial charge is 0.354 e. The van der Waals surface area contributed by atoms with Crippen molar-refractivity contribution in [3.05, 3.63) is 11.6 Å². The minimum atomic E-state index is 0. The van der Waals surface area contributed by atoms with Gasteiger partial charge >= 0.3 is 0 Å². The molecule has 1 aliphatic heterocycles. The van der Waals surface area contributed by atoms with Gasteiger partial charge in [-0.25, -0.2) is 4.99 Å². The first-order valence-corrected chi connectivity index (χ1v) is 8.77. The summed E-state index contributed by atoms with van der Waals surface area (Å²) in [5.41, 5.74) is 0. The van der Waals surface area contributed by atoms with Crippen molar-refractivity contribution in [1.82, 2.24) is 30.3 Å². The van der Waals surface area contributed by atoms with Gasteiger partial charge in [0.1, 0.15) is 12.4 Å². The van der Waals surface area contributed by atoms with Gasteiger partial charge in [0.15, 0.2) is 11.8 Å². The molecule has 2 fully saturated rings. The highest BCUT2D eigenvalue weighted by atomic mass is 127. The molecule has 1 aromatic heterocycles. The van der Waals surface area contributed by atoms with Gasteiger partial charge in [-0.2, -0.15) is 0 Å². The average molecular weight is 461 g/mol. The third kappa shape index (κ3) is 5.29. The molecule has 25 heavy (non-hydrogen) atoms. The van der Waals surface area contributed by atoms with Gasteiger partial charge in [-0.3, -0.25) is 4.79 Å². The Morgan fingerprint density at radius 2 is 1.96 bits per heavy atom. The van der Waals surface area contributed by atoms with E-state index in [9.17, 15) is 4.79 Å². The first kappa shape index (κ1) is 19.9. The van der Waals surface area contributed by atoms with Crippen molar-refractivity contribution in [2.24, 2.45) is 12.0 Å². The van der Waals surface area contributed by atoms with Crippen molar-refractivity contribution < 1.29 is 4.79 Å². The quantitative estimate of drug-likeness (QED) is 0.388. The van der Waals surface area contributed by atoms with Crippen LogP contribution < -0.4 is 10.6 Å². The predicted molar refractivity (Wildman–Crippen MR) is 107 cm³/mol. The summed E-state index contributed by atoms with van der Waals surface area (Å²) >= 11 is 0. The second kappa shape index (κ2) is 8.81. The monoisotopic (exact) mass is 461 g/mol. The smallest absolute Gasteiger partial charge is 0.222 e. The lowest BCUT2D eigenvalue weighted by atomic mass is 10.3. The second-order valence-corrected chi connectivity index (χ2v) is 6.63. The summed E-state index contributed by atoms with van der Waals surface area (Å²) in [6, 6.07) is 0.777. The Bertz CT molecular complexity index is 626. The normalized spacial score (nSPS) is 20.4. The number of aliphatic imine (C=N–C) groups is 1. The van der Waals surface area contributed by atoms with Crippen LogP contribution >= 0.6 is 24.0 Å². The molecular formula is C16H28IN7O. The topological polar surface area (TPSA) is 87.4 Å². The van der Waals surface area contributed by atoms with Gasteiger partial charge in [-0.15, -0.1) is 34.2 Å². The molecule has 1 saturated heterocycles. The number of amides is 1. The summed E-state index contributed by atoms with van der Waals surface area (Å²) in [7, 11) is 1.95. The van der Waals surface area contributed by atoms with E-state index in [-0.39, 0.29) is 35.9 Å². The van der Waals surface area contributed by atoms with Gasteiger partial charge in [0.05, 0.1) is 0 Å². The Hall–Kier alpha value is -1.39. The highest BCUT2D eigenvalue weighted by molar-refractivity contribution is 14.0. The molecule has 140 valence electrons. The van der Waals surface area contributed by atoms with Crippen LogP contribution in [0.25, 0.3) is 0 Å². The molecule has 1 atom stereocenters. The molecule has 1 aliphatic carbocycles. The number of hydrogen-bond donors (Lipinski definition) is 2. The Morgan fingerprint density at radius 1 is 1.24 bits per heavy atom. The Labute approximate surface area is 165 Å². The number of hydrogen-bond acceptors (Lipinski definition) is 4. The van der Waals surface area contributed by atoms with E-state index in [0.29, 0.717) is 19.0 Å². The summed E-state index contributed by atoms with van der Waals surface area (Å²) in [6.45, 7) is 5.90. The third-order valence-electron chi connectivity index (χ3n) is 4.66. The zero-order chi connectivity index (χ0) is 17.1. The van der Waals surface area contributed by atoms with Crippen molar-refractivity contribution in [2.75, 3.05) is 13.1 Å². The summed E-state index contributed by atoms with van der Waals surface area (Å²) in [5, 5.41) is 15.2. The van der Waals surface area contributed by atoms with Crippen molar-refractivity contribution in [2.45, 2.75) is 58.2 Å². The first-order valence-electron chi connectivity index (χ1n) is 8.77. The van der Waals surface area contributed by atoms with Gasteiger partial charge in [0, 0.05) is 38.6 Å². The van der Waals surface area contributed by atoms with Crippen LogP contribution in [0.3, 0.4) is 0 Å². The number of rotatable bonds is 5. The number of guanidine groups is 1. The SMILES string of the molecule is CCC(=O)N1CCC(NC(=NCc2nnc(C)n2C)NC2CC2)C1.I. The molecule has 3 rings (SSSR count). The Balaban J connectivity index is 0.00000225. The molecular weight excluding hydrogens is 433 g/mol. The molecule has 0 radical (unpaired) electrons. The molecule has 1 aromatic rings. The van der Waals surface area contributed by atoms with Gasteiger partial charge in [0.2, 0.25) is 5.91 Å². The molecule has 0 bridgehead atoms. The van der Waals surface area contributed by atoms with Crippen molar-refractivity contribution in [3.8, 4) is 0 Å². The standard InChI is InChI=1S/C16H27N7O.HI/c1-4-15(24)23-8-7-13(10-23)19-16(18-12-5-6-12)17-9-14-21-20-11(2)22(14)3;/h12-13H,4-10H2,1-3H3,(H2,17,18,19);1H. The molecule has 1 saturated carbocycles. The number of halogens is 1. The fourth-order valence-electron chi connectivity index (χ4n) is 2.81. The molecule has 1 amide bonds. The maximum Gasteiger partial charge on any atom is 0.222 e. The van der Waals surface area contributed by atoms with E-state index >= 15 is 0 Å². The first-order chi connectivity index (χ1) is 11.6. The van der Waals surface area contributed by atoms with E-state index in [1.54, 1.807) is 0 Å². The number of aromatic nitrogens is 3. The summed E-state index contributed by atoms with van der Waals surface area (Å²) < 4.78 is 1.95. The van der Waals surface area contributed by atoms with Gasteiger partial charge in [-0.1, -0.05) is 6.92 Å². The number of nitrogens with zero attached hydrogens (tertiary/aromatic N) is 5. The molecule has 1 unspecified atom stereocenters. The number of carbonyl (C=O) groups excluding carboxylic acids is 1. The lowest BCUT2D eigenvalue weighted by molar-refractivity contribution is -0.129. The molecule has 0 aromatic carbocycles. The van der Waals surface area contributed by atoms with E-state index < -0.39 is 0 Å². The summed E-state index contributed by atoms with van der Waals surface area (Å²) in [4.78, 5) is 18.4. The molecule has 9 heteroatoms. The second-order valence-electron chi connectivity index (χ2n) is 6.63. The minimum Gasteiger partial charge on any atom is -0.354 e. The highest BCUT2D eigenvalue weighted by Gasteiger charge is 2.28. The maximum absolute atomic E-state index is 11.8. The lowest BCUT2D eigenvalue weighted by Gasteiger charge is -2.19. The van der Waals surface area contributed by atoms with Crippen LogP contribution in [0.5, 0.6) is 0 Å². The highest BCUT2D eigenvalue weighted by Crippen LogP contribution is 2.19. The molecule has 2 aliphatic rings. The van der Waals surface area contributed by atoms with Crippen LogP contribution in [0, 0.1) is 6.92 Å². The number of nitrogens with one attached hydrogen (secondary N) is 2. The zero-order valence-corrected chi connectivity index (χ0v) is 17.5. The lowest BCUT2D eigenvalue weighted by Crippen LogP contribution is -2.45. The van der Waals surface area contributed by atoms with Crippen molar-refractivity contribution in [3.63, 3.8) is 0 Å². The van der Waals surface area contributed by atoms with E-state index in [1.807, 2.05) is 30.4 Å². The summed E-state index contributed by atoms with van der Waals surface area (Å²) in [5.74, 6) is 2.77. The van der Waals surface area contributed by atoms with E-state index in [4.69, 9.17) is 0 Å². The number of carbonyl (C=O) groups is 1. The third-order valence-corrected chi connectivity index (χ3v) is 4.66. The molecule has 2 N–H and O–H groups in total. The maximum atomic E-state index is 11.8. The molecule has 0 spiro atoms. The van der Waals surface area contributed by atoms with E-state index in [2.05, 4.69) is 25.8 Å². The van der Waals surface area contributed by atoms with Crippen molar-refractivity contribution >= 4 is 35.8 Å². The minimum absolute atomic E-state index is 0. The van der Waals surface area contributed by atoms with Gasteiger partial charge in [-0.05, 0) is 26.2 Å². The molecule has 2 heterocycles. The van der Waals surface area contributed by atoms with E-state index in [1.165, 1.54) is 12.8 Å². The average Bonchev–Trinajstić information content (AvgIpc) is 3.18. The fraction of sp³-hybridized carbons (Fsp3) is 0.750. The van der Waals surface area contributed by atoms with Gasteiger partial charge in [0.25, 0.3) is 0 Å². The van der Waals surface area contributed by atoms with Gasteiger partial charge < -0.3 is 20.1 Å². The fourth-order valence-corrected chi connectivity index (χ4v) is 2.81. The Morgan fingerprint density at radius 3 is 2.56 bits per heavy atom. The van der Waals surface area contributed by atoms with Crippen LogP contribution in [0.2, 0.25) is 0 Å². The number of likely N-dealkylation sites (tertiary alicyclic amines) is 1. The van der Waals surface area contributed by atoms with Crippen LogP contribution in [0.15, 0.2) is 4.99 Å². The predicted octanol–water partition coefficient (Wildman–Crippen LogP) is 0.950. The van der Waals surface area contributed by atoms with Crippen LogP contribution in [0.1, 0.15) is 44.3 Å². The van der Waals surface area contributed by atoms with Crippen LogP contribution in [-0.2, 0) is 18.4 Å². The zero-order valence-electron chi connectivity index (χ0n) is 15.2. The summed E-state index contributed by atoms with van der Waals surface area (Å²) in [6.07, 6.45) is 3.91. The van der Waals surface area contributed by atoms with Crippen LogP contribution in [0.4, 0.5) is 0 Å². The molecule has 8 nitrogen and oxygen atoms in total. The van der Waals surface area contributed by atoms with E-state index in [0.717, 1.165) is 37.1 Å². The Kier molecular flexibility index (Phi) is 7.03. The van der Waals surface area contributed by atoms with Crippen LogP contribution in [-0.4, -0.2) is 56.7 Å². The number of aryl methyl sites for hydroxylation is 1. The van der Waals surface area contributed by atoms with Crippen molar-refractivity contribution in [1.29, 1.82) is 0 Å².